The molecule has 0 aromatic heterocycles. The Labute approximate surface area is 78.7 Å². The molecule has 0 aliphatic heterocycles. The van der Waals surface area contributed by atoms with Crippen molar-refractivity contribution >= 4 is 22.6 Å². The Morgan fingerprint density at radius 1 is 0.909 bits per heavy atom. The third-order valence-electron chi connectivity index (χ3n) is 3.34. The second-order valence-electron chi connectivity index (χ2n) is 3.58. The smallest absolute Gasteiger partial charge is 0.106 e. The highest BCUT2D eigenvalue weighted by atomic mass is 27.2. The zero-order valence-electron chi connectivity index (χ0n) is 8.78. The average molecular weight is 167 g/mol. The van der Waals surface area contributed by atoms with Crippen molar-refractivity contribution in [2.45, 2.75) is 55.9 Å². The molecule has 0 heterocycles. The summed E-state index contributed by atoms with van der Waals surface area (Å²) >= 11 is -0.421. The summed E-state index contributed by atoms with van der Waals surface area (Å²) < 4.78 is 0.764. The maximum Gasteiger partial charge on any atom is 0.263 e. The molecule has 0 unspecified atom stereocenters. The molecule has 2 heteroatoms. The molecule has 3 radical (unpaired) electrons. The van der Waals surface area contributed by atoms with Crippen molar-refractivity contribution in [2.24, 2.45) is 0 Å². The molecule has 0 saturated heterocycles. The fourth-order valence-corrected chi connectivity index (χ4v) is 4.42. The molecule has 0 rings (SSSR count). The maximum atomic E-state index is 2.48. The summed E-state index contributed by atoms with van der Waals surface area (Å²) in [6.07, 6.45) is 4.18. The van der Waals surface area contributed by atoms with Gasteiger partial charge in [-0.1, -0.05) is 44.3 Å². The molecule has 0 aromatic rings. The van der Waals surface area contributed by atoms with Crippen molar-refractivity contribution in [3.63, 3.8) is 0 Å². The second kappa shape index (κ2) is 6.15. The zero-order valence-corrected chi connectivity index (χ0v) is 9.93. The largest absolute Gasteiger partial charge is 0.263 e. The summed E-state index contributed by atoms with van der Waals surface area (Å²) in [5, 5.41) is 0. The van der Waals surface area contributed by atoms with Gasteiger partial charge in [0.25, 0.3) is 14.1 Å². The van der Waals surface area contributed by atoms with Gasteiger partial charge < -0.3 is 0 Å². The van der Waals surface area contributed by atoms with Crippen molar-refractivity contribution in [1.82, 2.24) is 0 Å². The lowest BCUT2D eigenvalue weighted by molar-refractivity contribution is 0.489. The number of hydrogen-bond acceptors (Lipinski definition) is 0. The molecule has 63 valence electrons. The molecule has 0 aliphatic carbocycles. The molecular weight excluding hydrogens is 146 g/mol. The van der Waals surface area contributed by atoms with Crippen LogP contribution in [-0.4, -0.2) is 22.6 Å². The summed E-state index contributed by atoms with van der Waals surface area (Å²) in [5.74, 6) is 4.97. The van der Waals surface area contributed by atoms with Crippen molar-refractivity contribution in [1.29, 1.82) is 0 Å². The Morgan fingerprint density at radius 3 is 1.18 bits per heavy atom. The summed E-state index contributed by atoms with van der Waals surface area (Å²) in [7, 11) is 0. The maximum absolute atomic E-state index is 2.48. The molecule has 0 N–H and O–H groups in total. The van der Waals surface area contributed by atoms with E-state index in [1.165, 1.54) is 19.3 Å². The Balaban J connectivity index is 0. The predicted octanol–water partition coefficient (Wildman–Crippen LogP) is 3.33. The van der Waals surface area contributed by atoms with Crippen LogP contribution < -0.4 is 0 Å². The van der Waals surface area contributed by atoms with Gasteiger partial charge in [0.15, 0.2) is 0 Å². The van der Waals surface area contributed by atoms with Gasteiger partial charge in [-0.05, 0) is 0 Å². The fourth-order valence-electron chi connectivity index (χ4n) is 1.97. The molecule has 11 heavy (non-hydrogen) atoms. The Morgan fingerprint density at radius 2 is 1.18 bits per heavy atom. The minimum atomic E-state index is -0.421. The third-order valence-corrected chi connectivity index (χ3v) is 7.01. The minimum absolute atomic E-state index is 0. The molecule has 0 bridgehead atoms. The molecule has 0 fully saturated rings. The molecule has 0 aromatic carbocycles. The zero-order chi connectivity index (χ0) is 8.20. The SMILES string of the molecule is CC[C](CC)(CC)[Al]([CH3])[CH3].[B]. The molecule has 0 atom stereocenters. The summed E-state index contributed by atoms with van der Waals surface area (Å²) in [5.41, 5.74) is 0. The van der Waals surface area contributed by atoms with Gasteiger partial charge in [-0.25, -0.2) is 0 Å². The van der Waals surface area contributed by atoms with Gasteiger partial charge in [-0.2, -0.15) is 0 Å². The van der Waals surface area contributed by atoms with E-state index in [1.807, 2.05) is 0 Å². The quantitative estimate of drug-likeness (QED) is 0.563. The monoisotopic (exact) mass is 167 g/mol. The summed E-state index contributed by atoms with van der Waals surface area (Å²) in [6, 6.07) is 0. The van der Waals surface area contributed by atoms with Gasteiger partial charge in [-0.15, -0.1) is 11.6 Å². The highest BCUT2D eigenvalue weighted by Gasteiger charge is 2.31. The lowest BCUT2D eigenvalue weighted by Crippen LogP contribution is -2.25. The highest BCUT2D eigenvalue weighted by Crippen LogP contribution is 2.41. The van der Waals surface area contributed by atoms with Gasteiger partial charge in [-0.3, -0.25) is 0 Å². The van der Waals surface area contributed by atoms with Gasteiger partial charge in [0.05, 0.1) is 0 Å². The first-order valence-corrected chi connectivity index (χ1v) is 7.51. The number of rotatable bonds is 4. The lowest BCUT2D eigenvalue weighted by Gasteiger charge is -2.32. The van der Waals surface area contributed by atoms with Crippen LogP contribution in [-0.2, 0) is 0 Å². The highest BCUT2D eigenvalue weighted by molar-refractivity contribution is 6.59. The van der Waals surface area contributed by atoms with E-state index in [0.29, 0.717) is 0 Å². The molecule has 0 amide bonds. The predicted molar refractivity (Wildman–Crippen MR) is 56.8 cm³/mol. The lowest BCUT2D eigenvalue weighted by atomic mass is 9.99. The standard InChI is InChI=1S/C7H15.2CH3.Al.B/c1-4-7(5-2)6-3;;;;/h4-6H2,1-3H3;2*1H3;;. The third kappa shape index (κ3) is 3.22. The molecule has 0 nitrogen and oxygen atoms in total. The fraction of sp³-hybridized carbons (Fsp3) is 1.00. The molecule has 0 saturated carbocycles. The van der Waals surface area contributed by atoms with E-state index in [9.17, 15) is 0 Å². The van der Waals surface area contributed by atoms with E-state index in [1.54, 1.807) is 0 Å². The van der Waals surface area contributed by atoms with Gasteiger partial charge in [0.2, 0.25) is 0 Å². The first-order chi connectivity index (χ1) is 4.63. The topological polar surface area (TPSA) is 0 Å². The minimum Gasteiger partial charge on any atom is -0.106 e. The van der Waals surface area contributed by atoms with Crippen LogP contribution in [0.2, 0.25) is 15.8 Å². The van der Waals surface area contributed by atoms with Crippen LogP contribution in [0.1, 0.15) is 40.0 Å². The van der Waals surface area contributed by atoms with Gasteiger partial charge >= 0.3 is 0 Å². The van der Waals surface area contributed by atoms with Crippen LogP contribution in [0.5, 0.6) is 0 Å². The van der Waals surface area contributed by atoms with Gasteiger partial charge in [0, 0.05) is 8.41 Å². The van der Waals surface area contributed by atoms with Crippen LogP contribution in [0.15, 0.2) is 0 Å². The van der Waals surface area contributed by atoms with Crippen molar-refractivity contribution < 1.29 is 0 Å². The summed E-state index contributed by atoms with van der Waals surface area (Å²) in [4.78, 5) is 0. The van der Waals surface area contributed by atoms with Crippen LogP contribution in [0, 0.1) is 0 Å². The van der Waals surface area contributed by atoms with E-state index >= 15 is 0 Å². The van der Waals surface area contributed by atoms with Crippen molar-refractivity contribution in [3.8, 4) is 0 Å². The first-order valence-electron chi connectivity index (χ1n) is 4.63. The number of hydrogen-bond donors (Lipinski definition) is 0. The average Bonchev–Trinajstić information content (AvgIpc) is 1.92. The molecule has 0 spiro atoms. The van der Waals surface area contributed by atoms with Crippen LogP contribution >= 0.6 is 0 Å². The van der Waals surface area contributed by atoms with E-state index < -0.39 is 14.1 Å². The second-order valence-corrected chi connectivity index (χ2v) is 7.11. The van der Waals surface area contributed by atoms with E-state index in [4.69, 9.17) is 0 Å². The normalized spacial score (nSPS) is 10.6. The van der Waals surface area contributed by atoms with E-state index in [2.05, 4.69) is 32.3 Å². The summed E-state index contributed by atoms with van der Waals surface area (Å²) in [6.45, 7) is 7.04. The Hall–Kier alpha value is 0.597. The van der Waals surface area contributed by atoms with E-state index in [-0.39, 0.29) is 8.41 Å². The Bertz CT molecular complexity index is 79.3. The van der Waals surface area contributed by atoms with Crippen molar-refractivity contribution in [2.75, 3.05) is 0 Å². The van der Waals surface area contributed by atoms with Crippen LogP contribution in [0.3, 0.4) is 0 Å². The van der Waals surface area contributed by atoms with E-state index in [0.717, 1.165) is 4.28 Å². The molecular formula is C9H21AlB. The Kier molecular flexibility index (Phi) is 7.91. The first kappa shape index (κ1) is 14.1. The van der Waals surface area contributed by atoms with Crippen LogP contribution in [0.25, 0.3) is 0 Å². The van der Waals surface area contributed by atoms with Crippen LogP contribution in [0.4, 0.5) is 0 Å². The molecule has 0 aliphatic rings. The van der Waals surface area contributed by atoms with Crippen molar-refractivity contribution in [3.05, 3.63) is 0 Å². The van der Waals surface area contributed by atoms with Gasteiger partial charge in [0.1, 0.15) is 0 Å².